The number of aryl methyl sites for hydroxylation is 2. The van der Waals surface area contributed by atoms with E-state index in [0.717, 1.165) is 12.1 Å². The lowest BCUT2D eigenvalue weighted by atomic mass is 10.1. The molecule has 0 amide bonds. The largest absolute Gasteiger partial charge is 0.465 e. The van der Waals surface area contributed by atoms with Crippen molar-refractivity contribution in [2.75, 3.05) is 7.11 Å². The molecule has 0 bridgehead atoms. The molecule has 3 rings (SSSR count). The van der Waals surface area contributed by atoms with E-state index in [0.29, 0.717) is 32.7 Å². The molecule has 1 heterocycles. The van der Waals surface area contributed by atoms with E-state index in [1.165, 1.54) is 23.9 Å². The highest BCUT2D eigenvalue weighted by molar-refractivity contribution is 6.38. The predicted octanol–water partition coefficient (Wildman–Crippen LogP) is 5.81. The van der Waals surface area contributed by atoms with Crippen molar-refractivity contribution in [3.8, 4) is 0 Å². The average Bonchev–Trinajstić information content (AvgIpc) is 2.94. The van der Waals surface area contributed by atoms with Crippen molar-refractivity contribution in [2.24, 2.45) is 0 Å². The first-order valence-corrected chi connectivity index (χ1v) is 8.90. The standard InChI is InChI=1S/C19H15Cl2F3N2O2/c1-9-6-11(19(22,23)24)7-13-10(2)26(25-17(9)13)8-14-15(20)5-4-12(16(14)21)18(27)28-3/h4-7H,8H2,1-3H3. The molecule has 0 aliphatic rings. The van der Waals surface area contributed by atoms with Crippen LogP contribution in [0.25, 0.3) is 10.9 Å². The van der Waals surface area contributed by atoms with Crippen LogP contribution in [0.1, 0.15) is 32.7 Å². The number of hydrogen-bond acceptors (Lipinski definition) is 3. The van der Waals surface area contributed by atoms with Crippen molar-refractivity contribution in [1.82, 2.24) is 9.78 Å². The Morgan fingerprint density at radius 1 is 1.21 bits per heavy atom. The fraction of sp³-hybridized carbons (Fsp3) is 0.263. The van der Waals surface area contributed by atoms with Crippen molar-refractivity contribution < 1.29 is 22.7 Å². The van der Waals surface area contributed by atoms with E-state index in [9.17, 15) is 18.0 Å². The molecule has 0 atom stereocenters. The normalized spacial score (nSPS) is 11.9. The molecule has 0 saturated heterocycles. The number of ether oxygens (including phenoxy) is 1. The summed E-state index contributed by atoms with van der Waals surface area (Å²) < 4.78 is 45.6. The first-order valence-electron chi connectivity index (χ1n) is 8.14. The van der Waals surface area contributed by atoms with E-state index in [1.54, 1.807) is 13.8 Å². The van der Waals surface area contributed by atoms with E-state index in [1.807, 2.05) is 0 Å². The topological polar surface area (TPSA) is 44.1 Å². The lowest BCUT2D eigenvalue weighted by Crippen LogP contribution is -2.08. The Balaban J connectivity index is 2.13. The molecule has 2 aromatic carbocycles. The molecule has 0 spiro atoms. The zero-order valence-electron chi connectivity index (χ0n) is 15.1. The molecule has 1 aromatic heterocycles. The number of hydrogen-bond donors (Lipinski definition) is 0. The van der Waals surface area contributed by atoms with Crippen LogP contribution >= 0.6 is 23.2 Å². The summed E-state index contributed by atoms with van der Waals surface area (Å²) in [6.07, 6.45) is -4.45. The Kier molecular flexibility index (Phi) is 5.34. The van der Waals surface area contributed by atoms with Gasteiger partial charge in [0.2, 0.25) is 0 Å². The van der Waals surface area contributed by atoms with E-state index in [2.05, 4.69) is 5.10 Å². The number of aromatic nitrogens is 2. The van der Waals surface area contributed by atoms with Gasteiger partial charge in [0.1, 0.15) is 0 Å². The first kappa shape index (κ1) is 20.5. The third-order valence-electron chi connectivity index (χ3n) is 4.52. The summed E-state index contributed by atoms with van der Waals surface area (Å²) >= 11 is 12.6. The highest BCUT2D eigenvalue weighted by atomic mass is 35.5. The number of benzene rings is 2. The van der Waals surface area contributed by atoms with Crippen molar-refractivity contribution >= 4 is 40.1 Å². The molecule has 9 heteroatoms. The van der Waals surface area contributed by atoms with Gasteiger partial charge in [-0.15, -0.1) is 0 Å². The van der Waals surface area contributed by atoms with Crippen LogP contribution in [0.2, 0.25) is 10.0 Å². The molecule has 0 N–H and O–H groups in total. The number of esters is 1. The number of nitrogens with zero attached hydrogens (tertiary/aromatic N) is 2. The van der Waals surface area contributed by atoms with Gasteiger partial charge < -0.3 is 4.74 Å². The highest BCUT2D eigenvalue weighted by Gasteiger charge is 2.32. The van der Waals surface area contributed by atoms with E-state index in [4.69, 9.17) is 27.9 Å². The molecule has 28 heavy (non-hydrogen) atoms. The maximum Gasteiger partial charge on any atom is 0.416 e. The van der Waals surface area contributed by atoms with Gasteiger partial charge in [0.25, 0.3) is 0 Å². The predicted molar refractivity (Wildman–Crippen MR) is 101 cm³/mol. The fourth-order valence-corrected chi connectivity index (χ4v) is 3.57. The van der Waals surface area contributed by atoms with Crippen LogP contribution < -0.4 is 0 Å². The number of alkyl halides is 3. The Morgan fingerprint density at radius 3 is 2.50 bits per heavy atom. The van der Waals surface area contributed by atoms with Gasteiger partial charge in [0.05, 0.1) is 35.3 Å². The minimum Gasteiger partial charge on any atom is -0.465 e. The maximum atomic E-state index is 13.1. The van der Waals surface area contributed by atoms with Crippen molar-refractivity contribution in [1.29, 1.82) is 0 Å². The summed E-state index contributed by atoms with van der Waals surface area (Å²) in [5.74, 6) is -0.615. The van der Waals surface area contributed by atoms with Crippen LogP contribution in [0.3, 0.4) is 0 Å². The third-order valence-corrected chi connectivity index (χ3v) is 5.31. The van der Waals surface area contributed by atoms with Crippen LogP contribution in [-0.4, -0.2) is 22.9 Å². The molecule has 4 nitrogen and oxygen atoms in total. The number of carbonyl (C=O) groups is 1. The smallest absolute Gasteiger partial charge is 0.416 e. The van der Waals surface area contributed by atoms with E-state index >= 15 is 0 Å². The Bertz CT molecular complexity index is 1090. The van der Waals surface area contributed by atoms with Gasteiger partial charge in [-0.2, -0.15) is 18.3 Å². The Labute approximate surface area is 168 Å². The monoisotopic (exact) mass is 430 g/mol. The summed E-state index contributed by atoms with van der Waals surface area (Å²) in [6, 6.07) is 5.11. The summed E-state index contributed by atoms with van der Waals surface area (Å²) in [6.45, 7) is 3.33. The summed E-state index contributed by atoms with van der Waals surface area (Å²) in [5, 5.41) is 5.24. The van der Waals surface area contributed by atoms with Crippen LogP contribution in [0.15, 0.2) is 24.3 Å². The lowest BCUT2D eigenvalue weighted by molar-refractivity contribution is -0.137. The summed E-state index contributed by atoms with van der Waals surface area (Å²) in [4.78, 5) is 11.9. The lowest BCUT2D eigenvalue weighted by Gasteiger charge is -2.12. The SMILES string of the molecule is COC(=O)c1ccc(Cl)c(Cn2nc3c(C)cc(C(F)(F)F)cc3c2C)c1Cl. The molecule has 0 aliphatic carbocycles. The van der Waals surface area contributed by atoms with Gasteiger partial charge in [-0.1, -0.05) is 23.2 Å². The van der Waals surface area contributed by atoms with E-state index in [-0.39, 0.29) is 17.1 Å². The van der Waals surface area contributed by atoms with Crippen molar-refractivity contribution in [2.45, 2.75) is 26.6 Å². The van der Waals surface area contributed by atoms with Crippen LogP contribution in [0, 0.1) is 13.8 Å². The van der Waals surface area contributed by atoms with Crippen molar-refractivity contribution in [3.05, 3.63) is 62.3 Å². The third kappa shape index (κ3) is 3.56. The second-order valence-electron chi connectivity index (χ2n) is 6.31. The number of methoxy groups -OCH3 is 1. The van der Waals surface area contributed by atoms with Gasteiger partial charge in [0, 0.05) is 21.7 Å². The second-order valence-corrected chi connectivity index (χ2v) is 7.09. The van der Waals surface area contributed by atoms with Crippen LogP contribution in [0.4, 0.5) is 13.2 Å². The highest BCUT2D eigenvalue weighted by Crippen LogP contribution is 2.35. The van der Waals surface area contributed by atoms with Crippen molar-refractivity contribution in [3.63, 3.8) is 0 Å². The van der Waals surface area contributed by atoms with Gasteiger partial charge in [-0.25, -0.2) is 4.79 Å². The molecular weight excluding hydrogens is 416 g/mol. The number of fused-ring (bicyclic) bond motifs is 1. The Morgan fingerprint density at radius 2 is 1.89 bits per heavy atom. The fourth-order valence-electron chi connectivity index (χ4n) is 3.00. The summed E-state index contributed by atoms with van der Waals surface area (Å²) in [5.41, 5.74) is 1.24. The molecule has 0 radical (unpaired) electrons. The van der Waals surface area contributed by atoms with Crippen LogP contribution in [0.5, 0.6) is 0 Å². The maximum absolute atomic E-state index is 13.1. The number of halogens is 5. The van der Waals surface area contributed by atoms with Gasteiger partial charge in [-0.05, 0) is 43.7 Å². The molecule has 0 aliphatic heterocycles. The molecule has 0 saturated carbocycles. The van der Waals surface area contributed by atoms with Gasteiger partial charge >= 0.3 is 12.1 Å². The zero-order valence-corrected chi connectivity index (χ0v) is 16.6. The molecule has 3 aromatic rings. The Hall–Kier alpha value is -2.25. The summed E-state index contributed by atoms with van der Waals surface area (Å²) in [7, 11) is 1.23. The van der Waals surface area contributed by atoms with Gasteiger partial charge in [-0.3, -0.25) is 4.68 Å². The van der Waals surface area contributed by atoms with E-state index < -0.39 is 17.7 Å². The molecular formula is C19H15Cl2F3N2O2. The first-order chi connectivity index (χ1) is 13.0. The number of carbonyl (C=O) groups excluding carboxylic acids is 1. The molecule has 0 fully saturated rings. The minimum absolute atomic E-state index is 0.0871. The minimum atomic E-state index is -4.45. The van der Waals surface area contributed by atoms with Gasteiger partial charge in [0.15, 0.2) is 0 Å². The quantitative estimate of drug-likeness (QED) is 0.492. The molecule has 0 unspecified atom stereocenters. The van der Waals surface area contributed by atoms with Crippen LogP contribution in [-0.2, 0) is 17.5 Å². The second kappa shape index (κ2) is 7.29. The zero-order chi connectivity index (χ0) is 20.8. The average molecular weight is 431 g/mol. The molecule has 148 valence electrons. The number of rotatable bonds is 3.